The van der Waals surface area contributed by atoms with Gasteiger partial charge in [0, 0.05) is 42.6 Å². The molecule has 0 spiro atoms. The van der Waals surface area contributed by atoms with E-state index in [2.05, 4.69) is 273 Å². The Balaban J connectivity index is 1.36. The fourth-order valence-corrected chi connectivity index (χ4v) is 18.3. The SMILES string of the molecule is BrCCCCCCc1cc(/C=C\c2cc3c(/C=C/c4cc(CCCCCCBr)cc(CCCCCCBr)c4)cc2CCc2cc(/C=C/c4cc(CCCCCCBr)cc(CCCCCCBr)c4)c(cc2/C=C/c2cc(CCCCCCBr)cc(CCCCCCBr)c2)CC3)cc(CCCCCCBr)c1. The Kier molecular flexibility index (Phi) is 48.4. The van der Waals surface area contributed by atoms with Gasteiger partial charge in [-0.15, -0.1) is 0 Å². The molecular weight excluding hydrogens is 1790 g/mol. The van der Waals surface area contributed by atoms with E-state index in [9.17, 15) is 0 Å². The van der Waals surface area contributed by atoms with Gasteiger partial charge in [-0.25, -0.2) is 0 Å². The summed E-state index contributed by atoms with van der Waals surface area (Å²) in [4.78, 5) is 0. The van der Waals surface area contributed by atoms with E-state index in [0.717, 1.165) is 120 Å². The molecule has 0 atom stereocenters. The highest BCUT2D eigenvalue weighted by atomic mass is 79.9. The molecule has 0 amide bonds. The van der Waals surface area contributed by atoms with Gasteiger partial charge in [-0.1, -0.05) is 376 Å². The average Bonchev–Trinajstić information content (AvgIpc) is 0.796. The van der Waals surface area contributed by atoms with Crippen LogP contribution in [0, 0.1) is 0 Å². The molecule has 0 nitrogen and oxygen atoms in total. The third-order valence-corrected chi connectivity index (χ3v) is 25.5. The van der Waals surface area contributed by atoms with Gasteiger partial charge in [-0.05, 0) is 291 Å². The normalized spacial score (nSPS) is 12.6. The molecule has 0 radical (unpaired) electrons. The van der Waals surface area contributed by atoms with Crippen LogP contribution < -0.4 is 0 Å². The Hall–Kier alpha value is -1.88. The van der Waals surface area contributed by atoms with Gasteiger partial charge in [-0.2, -0.15) is 0 Å². The molecule has 0 saturated heterocycles. The molecule has 6 aromatic rings. The third kappa shape index (κ3) is 36.5. The predicted octanol–water partition coefficient (Wildman–Crippen LogP) is 32.2. The van der Waals surface area contributed by atoms with E-state index in [4.69, 9.17) is 0 Å². The van der Waals surface area contributed by atoms with Gasteiger partial charge in [0.1, 0.15) is 0 Å². The van der Waals surface area contributed by atoms with E-state index in [1.807, 2.05) is 0 Å². The molecule has 0 N–H and O–H groups in total. The lowest BCUT2D eigenvalue weighted by atomic mass is 9.85. The summed E-state index contributed by atoms with van der Waals surface area (Å²) in [5.74, 6) is 0. The average molecular weight is 1920 g/mol. The van der Waals surface area contributed by atoms with E-state index in [0.29, 0.717) is 0 Å². The Labute approximate surface area is 702 Å². The molecule has 0 fully saturated rings. The van der Waals surface area contributed by atoms with Crippen LogP contribution in [0.3, 0.4) is 0 Å². The second kappa shape index (κ2) is 56.3. The van der Waals surface area contributed by atoms with E-state index < -0.39 is 0 Å². The molecule has 0 aliphatic heterocycles. The molecule has 8 heteroatoms. The Morgan fingerprint density at radius 2 is 0.308 bits per heavy atom. The highest BCUT2D eigenvalue weighted by molar-refractivity contribution is 9.10. The summed E-state index contributed by atoms with van der Waals surface area (Å²) >= 11 is 29.5. The molecule has 0 unspecified atom stereocenters. The molecule has 0 saturated carbocycles. The molecule has 10 rings (SSSR count). The molecule has 4 aliphatic rings. The molecule has 0 heterocycles. The van der Waals surface area contributed by atoms with Crippen molar-refractivity contribution in [2.75, 3.05) is 42.6 Å². The smallest absolute Gasteiger partial charge is 0.00313 e. The maximum absolute atomic E-state index is 3.69. The van der Waals surface area contributed by atoms with E-state index in [1.54, 1.807) is 0 Å². The van der Waals surface area contributed by atoms with Gasteiger partial charge in [0.2, 0.25) is 0 Å². The zero-order valence-electron chi connectivity index (χ0n) is 63.6. The van der Waals surface area contributed by atoms with Crippen molar-refractivity contribution in [2.45, 2.75) is 283 Å². The van der Waals surface area contributed by atoms with Gasteiger partial charge >= 0.3 is 0 Å². The lowest BCUT2D eigenvalue weighted by Crippen LogP contribution is -2.06. The van der Waals surface area contributed by atoms with Crippen LogP contribution in [-0.4, -0.2) is 42.6 Å². The van der Waals surface area contributed by atoms with Crippen LogP contribution in [0.1, 0.15) is 317 Å². The number of rotatable bonds is 56. The third-order valence-electron chi connectivity index (χ3n) is 21.0. The molecule has 4 aliphatic carbocycles. The zero-order valence-corrected chi connectivity index (χ0v) is 76.3. The highest BCUT2D eigenvalue weighted by Gasteiger charge is 2.17. The number of aryl methyl sites for hydroxylation is 12. The topological polar surface area (TPSA) is 0 Å². The van der Waals surface area contributed by atoms with Crippen LogP contribution in [-0.2, 0) is 77.0 Å². The van der Waals surface area contributed by atoms with Crippen molar-refractivity contribution in [3.8, 4) is 0 Å². The highest BCUT2D eigenvalue weighted by Crippen LogP contribution is 2.33. The number of alkyl halides is 8. The maximum atomic E-state index is 3.69. The molecule has 4 bridgehead atoms. The van der Waals surface area contributed by atoms with Crippen molar-refractivity contribution in [3.63, 3.8) is 0 Å². The minimum absolute atomic E-state index is 0.947. The predicted molar refractivity (Wildman–Crippen MR) is 497 cm³/mol. The van der Waals surface area contributed by atoms with Crippen LogP contribution >= 0.6 is 127 Å². The Morgan fingerprint density at radius 1 is 0.163 bits per heavy atom. The van der Waals surface area contributed by atoms with Gasteiger partial charge < -0.3 is 0 Å². The number of hydrogen-bond acceptors (Lipinski definition) is 0. The minimum atomic E-state index is 0.947. The van der Waals surface area contributed by atoms with Crippen molar-refractivity contribution in [1.29, 1.82) is 0 Å². The van der Waals surface area contributed by atoms with Crippen molar-refractivity contribution < 1.29 is 0 Å². The number of unbranched alkanes of at least 4 members (excludes halogenated alkanes) is 24. The summed E-state index contributed by atoms with van der Waals surface area (Å²) in [6, 6.07) is 40.8. The summed E-state index contributed by atoms with van der Waals surface area (Å²) in [6.07, 6.45) is 73.6. The van der Waals surface area contributed by atoms with Gasteiger partial charge in [0.25, 0.3) is 0 Å². The van der Waals surface area contributed by atoms with Crippen LogP contribution in [0.15, 0.2) is 97.1 Å². The second-order valence-electron chi connectivity index (χ2n) is 30.0. The van der Waals surface area contributed by atoms with Crippen LogP contribution in [0.2, 0.25) is 0 Å². The first-order valence-corrected chi connectivity index (χ1v) is 50.2. The van der Waals surface area contributed by atoms with Crippen molar-refractivity contribution in [1.82, 2.24) is 0 Å². The summed E-state index contributed by atoms with van der Waals surface area (Å²) in [5, 5.41) is 8.79. The summed E-state index contributed by atoms with van der Waals surface area (Å²) in [6.45, 7) is 0. The Morgan fingerprint density at radius 3 is 0.452 bits per heavy atom. The van der Waals surface area contributed by atoms with E-state index in [-0.39, 0.29) is 0 Å². The molecule has 568 valence electrons. The fourth-order valence-electron chi connectivity index (χ4n) is 15.1. The Bertz CT molecular complexity index is 2880. The number of halogens is 8. The monoisotopic (exact) mass is 1910 g/mol. The quantitative estimate of drug-likeness (QED) is 0.0203. The maximum Gasteiger partial charge on any atom is 0.00313 e. The van der Waals surface area contributed by atoms with Crippen molar-refractivity contribution >= 4 is 176 Å². The first-order valence-electron chi connectivity index (χ1n) is 41.3. The molecule has 104 heavy (non-hydrogen) atoms. The van der Waals surface area contributed by atoms with Gasteiger partial charge in [0.15, 0.2) is 0 Å². The van der Waals surface area contributed by atoms with Crippen molar-refractivity contribution in [3.05, 3.63) is 208 Å². The zero-order chi connectivity index (χ0) is 73.3. The number of benzene rings is 6. The largest absolute Gasteiger partial charge is 0.0928 e. The van der Waals surface area contributed by atoms with Crippen molar-refractivity contribution in [2.24, 2.45) is 0 Å². The van der Waals surface area contributed by atoms with Crippen LogP contribution in [0.5, 0.6) is 0 Å². The molecule has 0 aromatic heterocycles. The summed E-state index contributed by atoms with van der Waals surface area (Å²) < 4.78 is 0. The molecule has 6 aromatic carbocycles. The number of hydrogen-bond donors (Lipinski definition) is 0. The second-order valence-corrected chi connectivity index (χ2v) is 36.3. The van der Waals surface area contributed by atoms with E-state index >= 15 is 0 Å². The van der Waals surface area contributed by atoms with Crippen LogP contribution in [0.25, 0.3) is 48.6 Å². The van der Waals surface area contributed by atoms with E-state index in [1.165, 1.54) is 317 Å². The molecular formula is C96H128Br8. The first kappa shape index (κ1) is 89.3. The summed E-state index contributed by atoms with van der Waals surface area (Å²) in [5.41, 5.74) is 28.6. The van der Waals surface area contributed by atoms with Crippen LogP contribution in [0.4, 0.5) is 0 Å². The lowest BCUT2D eigenvalue weighted by Gasteiger charge is -2.19. The summed E-state index contributed by atoms with van der Waals surface area (Å²) in [7, 11) is 0. The lowest BCUT2D eigenvalue weighted by molar-refractivity contribution is 0.665. The minimum Gasteiger partial charge on any atom is -0.0928 e. The van der Waals surface area contributed by atoms with Gasteiger partial charge in [-0.3, -0.25) is 0 Å². The first-order chi connectivity index (χ1) is 51.2. The fraction of sp³-hybridized carbons (Fsp3) is 0.542. The van der Waals surface area contributed by atoms with Gasteiger partial charge in [0.05, 0.1) is 0 Å². The standard InChI is InChI=1S/C96H128Br8/c97-53-25-9-1-17-33-77-61-78(34-18-2-10-26-54-98)66-85(65-77)41-45-89-73-94-51-52-96-76-91(47-43-87-69-81(37-21-5-13-29-57-101)63-82(70-87)38-22-6-14-30-58-102)95(75-92(96)48-44-88-71-83(39-23-7-15-31-59-103)64-84(72-88)40-24-8-16-32-60-104)50-49-93(89)74-90(94)46-42-86-67-79(35-19-3-11-27-55-99)62-80(68-86)36-20-4-12-28-56-100/h41-48,61-76H,1-40,49-60H2/b45-41-,46-42+,47-43+,48-44+.